The van der Waals surface area contributed by atoms with Gasteiger partial charge in [-0.3, -0.25) is 10.1 Å². The van der Waals surface area contributed by atoms with Crippen molar-refractivity contribution >= 4 is 32.4 Å². The molecule has 2 fully saturated rings. The van der Waals surface area contributed by atoms with Crippen molar-refractivity contribution in [3.8, 4) is 0 Å². The molecule has 1 aromatic heterocycles. The van der Waals surface area contributed by atoms with E-state index in [9.17, 15) is 18.3 Å². The number of carbonyl (C=O) groups excluding carboxylic acids is 1. The van der Waals surface area contributed by atoms with Gasteiger partial charge in [-0.2, -0.15) is 4.37 Å². The zero-order chi connectivity index (χ0) is 22.7. The maximum atomic E-state index is 13.1. The highest BCUT2D eigenvalue weighted by Crippen LogP contribution is 2.34. The summed E-state index contributed by atoms with van der Waals surface area (Å²) in [6.45, 7) is 0.544. The lowest BCUT2D eigenvalue weighted by atomic mass is 10.1. The first-order valence-electron chi connectivity index (χ1n) is 10.4. The van der Waals surface area contributed by atoms with Gasteiger partial charge < -0.3 is 19.7 Å². The largest absolute Gasteiger partial charge is 0.393 e. The number of aliphatic hydroxyl groups is 2. The van der Waals surface area contributed by atoms with E-state index in [-0.39, 0.29) is 27.2 Å². The molecule has 0 radical (unpaired) electrons. The number of nitrogens with zero attached hydrogens (tertiary/aromatic N) is 2. The van der Waals surface area contributed by atoms with Crippen molar-refractivity contribution in [3.63, 3.8) is 0 Å². The molecule has 2 unspecified atom stereocenters. The molecular formula is C20H25N3O7S2. The molecule has 4 rings (SSSR count). The van der Waals surface area contributed by atoms with Crippen molar-refractivity contribution < 1.29 is 32.9 Å². The van der Waals surface area contributed by atoms with Crippen molar-refractivity contribution in [1.82, 2.24) is 9.36 Å². The number of sulfone groups is 1. The molecule has 3 N–H and O–H groups in total. The summed E-state index contributed by atoms with van der Waals surface area (Å²) in [6.07, 6.45) is 0.231. The van der Waals surface area contributed by atoms with Crippen molar-refractivity contribution in [2.24, 2.45) is 0 Å². The second-order valence-electron chi connectivity index (χ2n) is 7.79. The third kappa shape index (κ3) is 5.33. The molecule has 2 heterocycles. The van der Waals surface area contributed by atoms with Gasteiger partial charge in [0.15, 0.2) is 21.8 Å². The van der Waals surface area contributed by atoms with Crippen LogP contribution in [0.1, 0.15) is 49.3 Å². The smallest absolute Gasteiger partial charge is 0.259 e. The van der Waals surface area contributed by atoms with Crippen LogP contribution in [0.15, 0.2) is 29.2 Å². The highest BCUT2D eigenvalue weighted by Gasteiger charge is 2.37. The topological polar surface area (TPSA) is 148 Å². The van der Waals surface area contributed by atoms with E-state index in [1.165, 1.54) is 12.1 Å². The summed E-state index contributed by atoms with van der Waals surface area (Å²) in [6, 6.07) is 6.22. The molecule has 1 saturated heterocycles. The van der Waals surface area contributed by atoms with Crippen LogP contribution in [0.5, 0.6) is 0 Å². The Morgan fingerprint density at radius 1 is 1.22 bits per heavy atom. The summed E-state index contributed by atoms with van der Waals surface area (Å²) >= 11 is 0.877. The number of rotatable bonds is 9. The molecule has 1 aliphatic heterocycles. The fraction of sp³-hybridized carbons (Fsp3) is 0.550. The molecule has 2 aliphatic rings. The summed E-state index contributed by atoms with van der Waals surface area (Å²) in [5.74, 6) is -0.472. The molecule has 0 spiro atoms. The third-order valence-electron chi connectivity index (χ3n) is 5.35. The molecule has 0 bridgehead atoms. The Morgan fingerprint density at radius 3 is 2.53 bits per heavy atom. The quantitative estimate of drug-likeness (QED) is 0.481. The summed E-state index contributed by atoms with van der Waals surface area (Å²) in [5, 5.41) is 21.2. The van der Waals surface area contributed by atoms with Gasteiger partial charge in [0.25, 0.3) is 5.91 Å². The zero-order valence-electron chi connectivity index (χ0n) is 17.2. The SMILES string of the molecule is O=C(Nc1nc(C(O)CO)ns1)C(OC1CCOCC1)c1ccc(S(=O)(=O)C2CC2)cc1. The summed E-state index contributed by atoms with van der Waals surface area (Å²) in [5.41, 5.74) is 0.517. The highest BCUT2D eigenvalue weighted by atomic mass is 32.2. The molecule has 2 atom stereocenters. The number of hydrogen-bond acceptors (Lipinski definition) is 10. The molecule has 2 aromatic rings. The first kappa shape index (κ1) is 23.2. The summed E-state index contributed by atoms with van der Waals surface area (Å²) in [7, 11) is -3.33. The lowest BCUT2D eigenvalue weighted by Gasteiger charge is -2.27. The molecule has 1 saturated carbocycles. The van der Waals surface area contributed by atoms with Crippen LogP contribution in [-0.2, 0) is 24.1 Å². The minimum Gasteiger partial charge on any atom is -0.393 e. The van der Waals surface area contributed by atoms with Gasteiger partial charge in [0.2, 0.25) is 5.13 Å². The first-order valence-corrected chi connectivity index (χ1v) is 12.7. The summed E-state index contributed by atoms with van der Waals surface area (Å²) < 4.78 is 40.3. The van der Waals surface area contributed by atoms with Crippen molar-refractivity contribution in [1.29, 1.82) is 0 Å². The standard InChI is InChI=1S/C20H25N3O7S2/c24-11-16(25)18-21-20(31-23-18)22-19(26)17(30-13-7-9-29-10-8-13)12-1-3-14(4-2-12)32(27,28)15-5-6-15/h1-4,13,15-17,24-25H,5-11H2,(H,21,22,23,26). The number of aliphatic hydroxyl groups excluding tert-OH is 2. The van der Waals surface area contributed by atoms with Crippen molar-refractivity contribution in [2.75, 3.05) is 25.1 Å². The Morgan fingerprint density at radius 2 is 1.91 bits per heavy atom. The van der Waals surface area contributed by atoms with E-state index >= 15 is 0 Å². The van der Waals surface area contributed by atoms with Gasteiger partial charge in [-0.15, -0.1) is 0 Å². The lowest BCUT2D eigenvalue weighted by Crippen LogP contribution is -2.31. The molecule has 1 aromatic carbocycles. The average Bonchev–Trinajstić information content (AvgIpc) is 3.58. The first-order chi connectivity index (χ1) is 15.4. The molecule has 12 heteroatoms. The van der Waals surface area contributed by atoms with Crippen molar-refractivity contribution in [2.45, 2.75) is 54.1 Å². The van der Waals surface area contributed by atoms with Crippen LogP contribution in [0.3, 0.4) is 0 Å². The maximum absolute atomic E-state index is 13.1. The van der Waals surface area contributed by atoms with E-state index in [2.05, 4.69) is 14.7 Å². The zero-order valence-corrected chi connectivity index (χ0v) is 18.8. The molecule has 10 nitrogen and oxygen atoms in total. The van der Waals surface area contributed by atoms with Crippen LogP contribution in [0.25, 0.3) is 0 Å². The Labute approximate surface area is 189 Å². The van der Waals surface area contributed by atoms with Gasteiger partial charge >= 0.3 is 0 Å². The number of carbonyl (C=O) groups is 1. The van der Waals surface area contributed by atoms with Crippen molar-refractivity contribution in [3.05, 3.63) is 35.7 Å². The van der Waals surface area contributed by atoms with E-state index in [1.54, 1.807) is 12.1 Å². The van der Waals surface area contributed by atoms with Gasteiger partial charge in [-0.25, -0.2) is 13.4 Å². The van der Waals surface area contributed by atoms with Crippen LogP contribution < -0.4 is 5.32 Å². The Kier molecular flexibility index (Phi) is 7.17. The van der Waals surface area contributed by atoms with E-state index in [0.29, 0.717) is 44.5 Å². The number of ether oxygens (including phenoxy) is 2. The third-order valence-corrected chi connectivity index (χ3v) is 8.28. The molecular weight excluding hydrogens is 458 g/mol. The number of anilines is 1. The van der Waals surface area contributed by atoms with E-state index in [4.69, 9.17) is 14.6 Å². The van der Waals surface area contributed by atoms with E-state index in [0.717, 1.165) is 11.5 Å². The Hall–Kier alpha value is -1.96. The number of aromatic nitrogens is 2. The molecule has 32 heavy (non-hydrogen) atoms. The minimum absolute atomic E-state index is 0.0179. The van der Waals surface area contributed by atoms with Gasteiger partial charge in [-0.1, -0.05) is 12.1 Å². The van der Waals surface area contributed by atoms with E-state index < -0.39 is 34.6 Å². The van der Waals surface area contributed by atoms with Gasteiger partial charge in [-0.05, 0) is 43.4 Å². The number of hydrogen-bond donors (Lipinski definition) is 3. The van der Waals surface area contributed by atoms with Crippen LogP contribution >= 0.6 is 11.5 Å². The van der Waals surface area contributed by atoms with Crippen LogP contribution in [0.2, 0.25) is 0 Å². The predicted molar refractivity (Wildman–Crippen MR) is 115 cm³/mol. The fourth-order valence-corrected chi connectivity index (χ4v) is 5.65. The second kappa shape index (κ2) is 9.89. The number of benzene rings is 1. The Balaban J connectivity index is 1.53. The fourth-order valence-electron chi connectivity index (χ4n) is 3.37. The minimum atomic E-state index is -3.33. The number of nitrogens with one attached hydrogen (secondary N) is 1. The van der Waals surface area contributed by atoms with Crippen LogP contribution in [0, 0.1) is 0 Å². The van der Waals surface area contributed by atoms with E-state index in [1.807, 2.05) is 0 Å². The predicted octanol–water partition coefficient (Wildman–Crippen LogP) is 1.38. The van der Waals surface area contributed by atoms with Gasteiger partial charge in [0.1, 0.15) is 6.10 Å². The Bertz CT molecular complexity index is 1030. The molecule has 1 amide bonds. The van der Waals surface area contributed by atoms with Gasteiger partial charge in [0.05, 0.1) is 22.9 Å². The highest BCUT2D eigenvalue weighted by molar-refractivity contribution is 7.92. The summed E-state index contributed by atoms with van der Waals surface area (Å²) in [4.78, 5) is 17.3. The average molecular weight is 484 g/mol. The van der Waals surface area contributed by atoms with Gasteiger partial charge in [0, 0.05) is 24.7 Å². The normalized spacial score (nSPS) is 19.4. The monoisotopic (exact) mass is 483 g/mol. The van der Waals surface area contributed by atoms with Crippen LogP contribution in [-0.4, -0.2) is 65.1 Å². The second-order valence-corrected chi connectivity index (χ2v) is 10.8. The molecule has 1 aliphatic carbocycles. The lowest BCUT2D eigenvalue weighted by molar-refractivity contribution is -0.136. The molecule has 174 valence electrons. The maximum Gasteiger partial charge on any atom is 0.259 e. The van der Waals surface area contributed by atoms with Crippen LogP contribution in [0.4, 0.5) is 5.13 Å². The number of amides is 1.